The fraction of sp³-hybridized carbons (Fsp3) is 0.600. The molecule has 0 bridgehead atoms. The first-order valence-electron chi connectivity index (χ1n) is 5.75. The molecule has 0 aliphatic rings. The zero-order valence-electron chi connectivity index (χ0n) is 10.4. The van der Waals surface area contributed by atoms with Crippen LogP contribution in [0.4, 0.5) is 0 Å². The molecule has 0 radical (unpaired) electrons. The summed E-state index contributed by atoms with van der Waals surface area (Å²) in [5, 5.41) is 0. The molecule has 0 saturated heterocycles. The van der Waals surface area contributed by atoms with Crippen molar-refractivity contribution in [2.45, 2.75) is 30.4 Å². The monoisotopic (exact) mass is 345 g/mol. The molecule has 1 aromatic rings. The van der Waals surface area contributed by atoms with Crippen LogP contribution in [0.5, 0.6) is 0 Å². The Balaban J connectivity index is 2.48. The molecule has 5 nitrogen and oxygen atoms in total. The Labute approximate surface area is 122 Å². The van der Waals surface area contributed by atoms with Gasteiger partial charge in [0.2, 0.25) is 10.0 Å². The highest BCUT2D eigenvalue weighted by Crippen LogP contribution is 2.24. The lowest BCUT2D eigenvalue weighted by Gasteiger charge is -2.04. The summed E-state index contributed by atoms with van der Waals surface area (Å²) in [6.45, 7) is 2.18. The predicted molar refractivity (Wildman–Crippen MR) is 77.8 cm³/mol. The summed E-state index contributed by atoms with van der Waals surface area (Å²) in [4.78, 5) is 0.775. The second-order valence-electron chi connectivity index (χ2n) is 3.98. The molecule has 1 heterocycles. The third-order valence-corrected chi connectivity index (χ3v) is 7.05. The van der Waals surface area contributed by atoms with Crippen LogP contribution < -0.4 is 4.72 Å². The van der Waals surface area contributed by atoms with Gasteiger partial charge in [0.15, 0.2) is 0 Å². The number of unbranched alkanes of at least 4 members (excludes halogenated alkanes) is 1. The zero-order valence-corrected chi connectivity index (χ0v) is 13.6. The van der Waals surface area contributed by atoms with Crippen LogP contribution in [0.3, 0.4) is 0 Å². The van der Waals surface area contributed by atoms with Crippen molar-refractivity contribution < 1.29 is 16.8 Å². The highest BCUT2D eigenvalue weighted by molar-refractivity contribution is 8.15. The lowest BCUT2D eigenvalue weighted by Crippen LogP contribution is -2.28. The minimum absolute atomic E-state index is 0.0815. The molecule has 9 heteroatoms. The molecule has 19 heavy (non-hydrogen) atoms. The van der Waals surface area contributed by atoms with Crippen molar-refractivity contribution in [1.82, 2.24) is 4.72 Å². The van der Waals surface area contributed by atoms with E-state index in [4.69, 9.17) is 10.7 Å². The Kier molecular flexibility index (Phi) is 6.25. The van der Waals surface area contributed by atoms with Crippen molar-refractivity contribution >= 4 is 41.1 Å². The fourth-order valence-electron chi connectivity index (χ4n) is 1.36. The maximum atomic E-state index is 11.5. The lowest BCUT2D eigenvalue weighted by molar-refractivity contribution is 0.578. The van der Waals surface area contributed by atoms with E-state index in [2.05, 4.69) is 4.72 Å². The summed E-state index contributed by atoms with van der Waals surface area (Å²) >= 11 is 1.05. The molecule has 0 spiro atoms. The smallest absolute Gasteiger partial charge is 0.215 e. The maximum absolute atomic E-state index is 11.5. The van der Waals surface area contributed by atoms with E-state index in [1.807, 2.05) is 6.92 Å². The second-order valence-corrected chi connectivity index (χ2v) is 9.86. The van der Waals surface area contributed by atoms with Crippen molar-refractivity contribution in [3.8, 4) is 0 Å². The number of nitrogens with one attached hydrogen (secondary N) is 1. The van der Waals surface area contributed by atoms with Crippen molar-refractivity contribution in [2.24, 2.45) is 0 Å². The quantitative estimate of drug-likeness (QED) is 0.730. The Morgan fingerprint density at radius 2 is 1.95 bits per heavy atom. The van der Waals surface area contributed by atoms with Crippen molar-refractivity contribution in [3.05, 3.63) is 17.0 Å². The summed E-state index contributed by atoms with van der Waals surface area (Å²) in [6.07, 6.45) is 1.90. The summed E-state index contributed by atoms with van der Waals surface area (Å²) in [5.41, 5.74) is 0. The van der Waals surface area contributed by atoms with E-state index in [-0.39, 0.29) is 16.5 Å². The molecule has 0 atom stereocenters. The normalized spacial score (nSPS) is 12.7. The molecule has 0 aliphatic heterocycles. The van der Waals surface area contributed by atoms with E-state index in [1.54, 1.807) is 6.07 Å². The third kappa shape index (κ3) is 6.22. The van der Waals surface area contributed by atoms with Gasteiger partial charge in [-0.1, -0.05) is 13.3 Å². The summed E-state index contributed by atoms with van der Waals surface area (Å²) < 4.78 is 47.7. The van der Waals surface area contributed by atoms with Crippen LogP contribution >= 0.6 is 22.0 Å². The topological polar surface area (TPSA) is 80.3 Å². The van der Waals surface area contributed by atoms with Gasteiger partial charge in [0.1, 0.15) is 4.21 Å². The molecule has 0 fully saturated rings. The van der Waals surface area contributed by atoms with E-state index in [0.717, 1.165) is 22.6 Å². The first kappa shape index (κ1) is 16.9. The summed E-state index contributed by atoms with van der Waals surface area (Å²) in [5.74, 6) is 0.120. The Morgan fingerprint density at radius 3 is 2.47 bits per heavy atom. The molecule has 0 saturated carbocycles. The lowest BCUT2D eigenvalue weighted by atomic mass is 10.3. The van der Waals surface area contributed by atoms with Crippen molar-refractivity contribution in [3.63, 3.8) is 0 Å². The van der Waals surface area contributed by atoms with Gasteiger partial charge in [-0.25, -0.2) is 21.6 Å². The fourth-order valence-corrected chi connectivity index (χ4v) is 4.71. The molecule has 0 aromatic carbocycles. The average molecular weight is 346 g/mol. The van der Waals surface area contributed by atoms with Gasteiger partial charge in [0.05, 0.1) is 5.75 Å². The van der Waals surface area contributed by atoms with E-state index in [1.165, 1.54) is 6.07 Å². The van der Waals surface area contributed by atoms with E-state index >= 15 is 0 Å². The van der Waals surface area contributed by atoms with Crippen LogP contribution in [0.25, 0.3) is 0 Å². The molecule has 0 amide bonds. The van der Waals surface area contributed by atoms with Gasteiger partial charge in [-0.2, -0.15) is 0 Å². The minimum atomic E-state index is -3.70. The standard InChI is InChI=1S/C10H16ClNO4S3/c1-2-3-8-18(13,14)12-7-6-9-4-5-10(17-9)19(11,15)16/h4-5,12H,2-3,6-8H2,1H3. The largest absolute Gasteiger partial charge is 0.270 e. The predicted octanol–water partition coefficient (Wildman–Crippen LogP) is 1.94. The van der Waals surface area contributed by atoms with Gasteiger partial charge < -0.3 is 0 Å². The highest BCUT2D eigenvalue weighted by atomic mass is 35.7. The maximum Gasteiger partial charge on any atom is 0.270 e. The number of rotatable bonds is 8. The van der Waals surface area contributed by atoms with Crippen LogP contribution in [0.2, 0.25) is 0 Å². The van der Waals surface area contributed by atoms with Crippen LogP contribution in [-0.2, 0) is 25.5 Å². The molecule has 1 rings (SSSR count). The van der Waals surface area contributed by atoms with Crippen LogP contribution in [0, 0.1) is 0 Å². The molecular formula is C10H16ClNO4S3. The highest BCUT2D eigenvalue weighted by Gasteiger charge is 2.13. The number of thiophene rings is 1. The second kappa shape index (κ2) is 7.03. The molecule has 0 aliphatic carbocycles. The Bertz CT molecular complexity index is 606. The Morgan fingerprint density at radius 1 is 1.26 bits per heavy atom. The van der Waals surface area contributed by atoms with Gasteiger partial charge in [0, 0.05) is 22.1 Å². The number of sulfonamides is 1. The minimum Gasteiger partial charge on any atom is -0.215 e. The van der Waals surface area contributed by atoms with E-state index < -0.39 is 19.1 Å². The SMILES string of the molecule is CCCCS(=O)(=O)NCCc1ccc(S(=O)(=O)Cl)s1. The number of hydrogen-bond acceptors (Lipinski definition) is 5. The van der Waals surface area contributed by atoms with Gasteiger partial charge in [0.25, 0.3) is 9.05 Å². The number of halogens is 1. The average Bonchev–Trinajstić information content (AvgIpc) is 2.74. The first-order valence-corrected chi connectivity index (χ1v) is 10.5. The van der Waals surface area contributed by atoms with Crippen LogP contribution in [0.1, 0.15) is 24.6 Å². The zero-order chi connectivity index (χ0) is 14.5. The molecule has 1 aromatic heterocycles. The van der Waals surface area contributed by atoms with Crippen LogP contribution in [0.15, 0.2) is 16.3 Å². The van der Waals surface area contributed by atoms with Crippen molar-refractivity contribution in [1.29, 1.82) is 0 Å². The van der Waals surface area contributed by atoms with E-state index in [9.17, 15) is 16.8 Å². The van der Waals surface area contributed by atoms with Crippen LogP contribution in [-0.4, -0.2) is 29.1 Å². The van der Waals surface area contributed by atoms with Gasteiger partial charge >= 0.3 is 0 Å². The van der Waals surface area contributed by atoms with Crippen molar-refractivity contribution in [2.75, 3.05) is 12.3 Å². The molecular weight excluding hydrogens is 330 g/mol. The van der Waals surface area contributed by atoms with Gasteiger partial charge in [-0.15, -0.1) is 11.3 Å². The molecule has 110 valence electrons. The molecule has 0 unspecified atom stereocenters. The summed E-state index contributed by atoms with van der Waals surface area (Å²) in [6, 6.07) is 3.06. The third-order valence-electron chi connectivity index (χ3n) is 2.34. The number of hydrogen-bond donors (Lipinski definition) is 1. The molecule has 1 N–H and O–H groups in total. The van der Waals surface area contributed by atoms with Gasteiger partial charge in [-0.3, -0.25) is 0 Å². The first-order chi connectivity index (χ1) is 8.74. The Hall–Kier alpha value is -0.150. The van der Waals surface area contributed by atoms with Gasteiger partial charge in [-0.05, 0) is 25.0 Å². The van der Waals surface area contributed by atoms with E-state index in [0.29, 0.717) is 12.8 Å². The summed E-state index contributed by atoms with van der Waals surface area (Å²) in [7, 11) is -1.71.